The maximum absolute atomic E-state index is 13.2. The highest BCUT2D eigenvalue weighted by molar-refractivity contribution is 5.96. The topological polar surface area (TPSA) is 56.2 Å². The molecular formula is C26H27N3O2. The summed E-state index contributed by atoms with van der Waals surface area (Å²) >= 11 is 0. The molecule has 0 aliphatic rings. The Morgan fingerprint density at radius 3 is 2.35 bits per heavy atom. The van der Waals surface area contributed by atoms with Crippen LogP contribution in [0, 0.1) is 20.8 Å². The molecule has 4 rings (SSSR count). The highest BCUT2D eigenvalue weighted by Crippen LogP contribution is 2.26. The molecule has 5 nitrogen and oxygen atoms in total. The van der Waals surface area contributed by atoms with E-state index in [-0.39, 0.29) is 12.5 Å². The normalized spacial score (nSPS) is 12.0. The molecule has 0 aliphatic heterocycles. The van der Waals surface area contributed by atoms with Crippen molar-refractivity contribution in [3.05, 3.63) is 89.2 Å². The van der Waals surface area contributed by atoms with Gasteiger partial charge < -0.3 is 14.6 Å². The molecule has 31 heavy (non-hydrogen) atoms. The van der Waals surface area contributed by atoms with E-state index >= 15 is 0 Å². The van der Waals surface area contributed by atoms with Gasteiger partial charge in [0, 0.05) is 5.69 Å². The Hall–Kier alpha value is -3.60. The van der Waals surface area contributed by atoms with E-state index in [0.29, 0.717) is 5.82 Å². The highest BCUT2D eigenvalue weighted by atomic mass is 16.5. The number of fused-ring (bicyclic) bond motifs is 1. The number of benzene rings is 3. The van der Waals surface area contributed by atoms with Crippen molar-refractivity contribution in [2.24, 2.45) is 0 Å². The van der Waals surface area contributed by atoms with Crippen molar-refractivity contribution in [2.45, 2.75) is 40.3 Å². The third-order valence-electron chi connectivity index (χ3n) is 5.55. The van der Waals surface area contributed by atoms with Gasteiger partial charge >= 0.3 is 0 Å². The maximum atomic E-state index is 13.2. The molecule has 1 amide bonds. The number of carbonyl (C=O) groups excluding carboxylic acids is 1. The Morgan fingerprint density at radius 2 is 1.65 bits per heavy atom. The maximum Gasteiger partial charge on any atom is 0.247 e. The number of aryl methyl sites for hydroxylation is 3. The second-order valence-corrected chi connectivity index (χ2v) is 7.92. The Bertz CT molecular complexity index is 1210. The Morgan fingerprint density at radius 1 is 0.968 bits per heavy atom. The summed E-state index contributed by atoms with van der Waals surface area (Å²) < 4.78 is 7.95. The number of carbonyl (C=O) groups is 1. The van der Waals surface area contributed by atoms with Crippen LogP contribution in [0.2, 0.25) is 0 Å². The second-order valence-electron chi connectivity index (χ2n) is 7.92. The van der Waals surface area contributed by atoms with E-state index < -0.39 is 6.04 Å². The summed E-state index contributed by atoms with van der Waals surface area (Å²) in [5.41, 5.74) is 5.88. The minimum atomic E-state index is -0.456. The number of ether oxygens (including phenoxy) is 1. The third-order valence-corrected chi connectivity index (χ3v) is 5.55. The molecular weight excluding hydrogens is 386 g/mol. The average Bonchev–Trinajstić information content (AvgIpc) is 3.13. The number of anilines is 1. The van der Waals surface area contributed by atoms with E-state index in [1.807, 2.05) is 99.0 Å². The minimum Gasteiger partial charge on any atom is -0.486 e. The monoisotopic (exact) mass is 413 g/mol. The summed E-state index contributed by atoms with van der Waals surface area (Å²) in [4.78, 5) is 18.0. The van der Waals surface area contributed by atoms with Gasteiger partial charge in [0.15, 0.2) is 0 Å². The molecule has 0 spiro atoms. The van der Waals surface area contributed by atoms with Crippen LogP contribution in [0.1, 0.15) is 35.5 Å². The molecule has 1 heterocycles. The molecule has 0 fully saturated rings. The van der Waals surface area contributed by atoms with Crippen LogP contribution in [0.4, 0.5) is 5.69 Å². The summed E-state index contributed by atoms with van der Waals surface area (Å²) in [6, 6.07) is 21.3. The predicted molar refractivity (Wildman–Crippen MR) is 125 cm³/mol. The van der Waals surface area contributed by atoms with Crippen LogP contribution in [0.3, 0.4) is 0 Å². The molecule has 0 bridgehead atoms. The van der Waals surface area contributed by atoms with Gasteiger partial charge in [-0.05, 0) is 63.1 Å². The van der Waals surface area contributed by atoms with Crippen molar-refractivity contribution in [3.8, 4) is 5.75 Å². The summed E-state index contributed by atoms with van der Waals surface area (Å²) in [7, 11) is 0. The van der Waals surface area contributed by atoms with Crippen LogP contribution in [0.15, 0.2) is 66.7 Å². The number of nitrogens with zero attached hydrogens (tertiary/aromatic N) is 2. The molecule has 4 aromatic rings. The number of aromatic nitrogens is 2. The van der Waals surface area contributed by atoms with Gasteiger partial charge in [-0.3, -0.25) is 4.79 Å². The minimum absolute atomic E-state index is 0.0860. The van der Waals surface area contributed by atoms with E-state index in [1.165, 1.54) is 5.56 Å². The molecule has 0 saturated carbocycles. The quantitative estimate of drug-likeness (QED) is 0.438. The zero-order valence-electron chi connectivity index (χ0n) is 18.3. The molecule has 1 N–H and O–H groups in total. The lowest BCUT2D eigenvalue weighted by Gasteiger charge is -2.19. The molecule has 0 aliphatic carbocycles. The van der Waals surface area contributed by atoms with Crippen molar-refractivity contribution in [1.29, 1.82) is 0 Å². The molecule has 0 radical (unpaired) electrons. The average molecular weight is 414 g/mol. The van der Waals surface area contributed by atoms with Gasteiger partial charge in [0.25, 0.3) is 0 Å². The summed E-state index contributed by atoms with van der Waals surface area (Å²) in [6.07, 6.45) is 0. The zero-order chi connectivity index (χ0) is 22.0. The van der Waals surface area contributed by atoms with Gasteiger partial charge in [-0.15, -0.1) is 0 Å². The molecule has 0 saturated heterocycles. The van der Waals surface area contributed by atoms with Gasteiger partial charge in [0.05, 0.1) is 11.0 Å². The largest absolute Gasteiger partial charge is 0.486 e. The van der Waals surface area contributed by atoms with Gasteiger partial charge in [-0.2, -0.15) is 0 Å². The Balaban J connectivity index is 1.64. The smallest absolute Gasteiger partial charge is 0.247 e. The Labute approximate surface area is 182 Å². The van der Waals surface area contributed by atoms with Crippen LogP contribution in [0.5, 0.6) is 5.75 Å². The number of para-hydroxylation sites is 3. The lowest BCUT2D eigenvalue weighted by molar-refractivity contribution is -0.118. The van der Waals surface area contributed by atoms with Crippen LogP contribution in [0.25, 0.3) is 11.0 Å². The number of amides is 1. The lowest BCUT2D eigenvalue weighted by atomic mass is 10.1. The highest BCUT2D eigenvalue weighted by Gasteiger charge is 2.22. The molecule has 158 valence electrons. The molecule has 1 unspecified atom stereocenters. The van der Waals surface area contributed by atoms with Crippen molar-refractivity contribution in [1.82, 2.24) is 9.55 Å². The van der Waals surface area contributed by atoms with Crippen LogP contribution in [-0.4, -0.2) is 15.5 Å². The standard InChI is InChI=1S/C26H27N3O2/c1-17-12-14-21(15-13-17)31-16-24-27-22-10-5-6-11-23(22)29(24)20(4)26(30)28-25-18(2)8-7-9-19(25)3/h5-15,20H,16H2,1-4H3,(H,28,30). The summed E-state index contributed by atoms with van der Waals surface area (Å²) in [6.45, 7) is 8.21. The van der Waals surface area contributed by atoms with E-state index in [2.05, 4.69) is 5.32 Å². The molecule has 5 heteroatoms. The SMILES string of the molecule is Cc1ccc(OCc2nc3ccccc3n2C(C)C(=O)Nc2c(C)cccc2C)cc1. The molecule has 3 aromatic carbocycles. The van der Waals surface area contributed by atoms with E-state index in [0.717, 1.165) is 33.6 Å². The van der Waals surface area contributed by atoms with Gasteiger partial charge in [-0.25, -0.2) is 4.98 Å². The van der Waals surface area contributed by atoms with Crippen molar-refractivity contribution in [2.75, 3.05) is 5.32 Å². The first-order valence-electron chi connectivity index (χ1n) is 10.5. The number of imidazole rings is 1. The first-order valence-corrected chi connectivity index (χ1v) is 10.5. The fourth-order valence-corrected chi connectivity index (χ4v) is 3.77. The Kier molecular flexibility index (Phi) is 5.76. The molecule has 1 aromatic heterocycles. The van der Waals surface area contributed by atoms with Crippen molar-refractivity contribution >= 4 is 22.6 Å². The predicted octanol–water partition coefficient (Wildman–Crippen LogP) is 5.74. The van der Waals surface area contributed by atoms with Crippen LogP contribution < -0.4 is 10.1 Å². The van der Waals surface area contributed by atoms with Gasteiger partial charge in [0.2, 0.25) is 5.91 Å². The summed E-state index contributed by atoms with van der Waals surface area (Å²) in [5.74, 6) is 1.40. The van der Waals surface area contributed by atoms with Crippen molar-refractivity contribution < 1.29 is 9.53 Å². The van der Waals surface area contributed by atoms with E-state index in [4.69, 9.17) is 9.72 Å². The van der Waals surface area contributed by atoms with Crippen LogP contribution in [-0.2, 0) is 11.4 Å². The van der Waals surface area contributed by atoms with Gasteiger partial charge in [-0.1, -0.05) is 48.0 Å². The van der Waals surface area contributed by atoms with Gasteiger partial charge in [0.1, 0.15) is 24.2 Å². The van der Waals surface area contributed by atoms with Crippen molar-refractivity contribution in [3.63, 3.8) is 0 Å². The second kappa shape index (κ2) is 8.64. The van der Waals surface area contributed by atoms with E-state index in [9.17, 15) is 4.79 Å². The van der Waals surface area contributed by atoms with E-state index in [1.54, 1.807) is 0 Å². The number of rotatable bonds is 6. The summed E-state index contributed by atoms with van der Waals surface area (Å²) in [5, 5.41) is 3.11. The number of nitrogens with one attached hydrogen (secondary N) is 1. The first-order chi connectivity index (χ1) is 14.9. The number of hydrogen-bond acceptors (Lipinski definition) is 3. The fraction of sp³-hybridized carbons (Fsp3) is 0.231. The third kappa shape index (κ3) is 4.31. The number of hydrogen-bond donors (Lipinski definition) is 1. The zero-order valence-corrected chi connectivity index (χ0v) is 18.3. The van der Waals surface area contributed by atoms with Crippen LogP contribution >= 0.6 is 0 Å². The fourth-order valence-electron chi connectivity index (χ4n) is 3.77. The molecule has 1 atom stereocenters. The first kappa shape index (κ1) is 20.7. The lowest BCUT2D eigenvalue weighted by Crippen LogP contribution is -2.26.